The van der Waals surface area contributed by atoms with Crippen molar-refractivity contribution in [1.29, 1.82) is 0 Å². The molecule has 5 nitrogen and oxygen atoms in total. The first-order valence-electron chi connectivity index (χ1n) is 7.00. The van der Waals surface area contributed by atoms with E-state index < -0.39 is 11.6 Å². The molecule has 0 aliphatic rings. The smallest absolute Gasteiger partial charge is 0.306 e. The molecule has 1 atom stereocenters. The summed E-state index contributed by atoms with van der Waals surface area (Å²) in [6, 6.07) is 8.27. The van der Waals surface area contributed by atoms with Crippen molar-refractivity contribution in [2.75, 3.05) is 6.61 Å². The van der Waals surface area contributed by atoms with E-state index in [0.29, 0.717) is 12.0 Å². The molecule has 0 fully saturated rings. The van der Waals surface area contributed by atoms with Crippen LogP contribution in [0.1, 0.15) is 44.0 Å². The molecular weight excluding hydrogens is 270 g/mol. The van der Waals surface area contributed by atoms with Gasteiger partial charge in [0.2, 0.25) is 0 Å². The van der Waals surface area contributed by atoms with Gasteiger partial charge in [-0.1, -0.05) is 18.2 Å². The van der Waals surface area contributed by atoms with Gasteiger partial charge >= 0.3 is 5.97 Å². The van der Waals surface area contributed by atoms with E-state index in [9.17, 15) is 14.7 Å². The minimum absolute atomic E-state index is 0.150. The molecule has 0 aromatic heterocycles. The Morgan fingerprint density at radius 1 is 1.24 bits per heavy atom. The van der Waals surface area contributed by atoms with Crippen LogP contribution >= 0.6 is 0 Å². The fourth-order valence-electron chi connectivity index (χ4n) is 1.75. The summed E-state index contributed by atoms with van der Waals surface area (Å²) in [5.41, 5.74) is -0.00719. The lowest BCUT2D eigenvalue weighted by atomic mass is 10.1. The normalized spacial score (nSPS) is 12.6. The van der Waals surface area contributed by atoms with E-state index in [4.69, 9.17) is 4.74 Å². The summed E-state index contributed by atoms with van der Waals surface area (Å²) in [6.07, 6.45) is 0.488. The Morgan fingerprint density at radius 3 is 2.38 bits per heavy atom. The first kappa shape index (κ1) is 17.2. The predicted octanol–water partition coefficient (Wildman–Crippen LogP) is 1.90. The lowest BCUT2D eigenvalue weighted by Gasteiger charge is -2.21. The third-order valence-corrected chi connectivity index (χ3v) is 2.71. The van der Waals surface area contributed by atoms with E-state index in [0.717, 1.165) is 0 Å². The summed E-state index contributed by atoms with van der Waals surface area (Å²) in [7, 11) is 0. The van der Waals surface area contributed by atoms with Gasteiger partial charge in [-0.3, -0.25) is 9.59 Å². The molecule has 5 heteroatoms. The molecule has 1 aromatic rings. The maximum atomic E-state index is 11.9. The van der Waals surface area contributed by atoms with Crippen molar-refractivity contribution in [2.24, 2.45) is 0 Å². The molecule has 1 unspecified atom stereocenters. The highest BCUT2D eigenvalue weighted by atomic mass is 16.6. The Balaban J connectivity index is 2.45. The highest BCUT2D eigenvalue weighted by Gasteiger charge is 2.19. The van der Waals surface area contributed by atoms with Crippen molar-refractivity contribution < 1.29 is 19.4 Å². The van der Waals surface area contributed by atoms with E-state index in [1.54, 1.807) is 45.0 Å². The Morgan fingerprint density at radius 2 is 1.86 bits per heavy atom. The van der Waals surface area contributed by atoms with Crippen molar-refractivity contribution in [3.8, 4) is 0 Å². The van der Waals surface area contributed by atoms with Crippen LogP contribution < -0.4 is 5.32 Å². The van der Waals surface area contributed by atoms with Gasteiger partial charge in [-0.05, 0) is 39.3 Å². The Bertz CT molecular complexity index is 465. The number of amides is 1. The summed E-state index contributed by atoms with van der Waals surface area (Å²) in [4.78, 5) is 23.6. The van der Waals surface area contributed by atoms with Crippen molar-refractivity contribution in [3.05, 3.63) is 35.9 Å². The lowest BCUT2D eigenvalue weighted by molar-refractivity contribution is -0.155. The second kappa shape index (κ2) is 7.78. The van der Waals surface area contributed by atoms with Crippen LogP contribution in [0.15, 0.2) is 30.3 Å². The fraction of sp³-hybridized carbons (Fsp3) is 0.500. The molecule has 0 saturated carbocycles. The van der Waals surface area contributed by atoms with Crippen LogP contribution in [0.25, 0.3) is 0 Å². The zero-order valence-corrected chi connectivity index (χ0v) is 12.8. The maximum Gasteiger partial charge on any atom is 0.306 e. The van der Waals surface area contributed by atoms with Crippen molar-refractivity contribution in [3.63, 3.8) is 0 Å². The molecule has 1 aromatic carbocycles. The Kier molecular flexibility index (Phi) is 6.37. The summed E-state index contributed by atoms with van der Waals surface area (Å²) in [5.74, 6) is -0.603. The number of aliphatic hydroxyl groups is 1. The van der Waals surface area contributed by atoms with Crippen LogP contribution in [0.4, 0.5) is 0 Å². The van der Waals surface area contributed by atoms with Gasteiger partial charge in [0.05, 0.1) is 12.6 Å². The standard InChI is InChI=1S/C16H23NO4/c1-16(2,3)21-14(19)10-9-13(11-18)17-15(20)12-7-5-4-6-8-12/h4-8,13,18H,9-11H2,1-3H3,(H,17,20). The Hall–Kier alpha value is -1.88. The highest BCUT2D eigenvalue weighted by molar-refractivity contribution is 5.94. The molecule has 2 N–H and O–H groups in total. The van der Waals surface area contributed by atoms with Crippen molar-refractivity contribution >= 4 is 11.9 Å². The molecule has 116 valence electrons. The van der Waals surface area contributed by atoms with E-state index in [1.807, 2.05) is 6.07 Å². The number of aliphatic hydroxyl groups excluding tert-OH is 1. The number of nitrogens with one attached hydrogen (secondary N) is 1. The number of ether oxygens (including phenoxy) is 1. The van der Waals surface area contributed by atoms with E-state index >= 15 is 0 Å². The van der Waals surface area contributed by atoms with Crippen LogP contribution in [-0.2, 0) is 9.53 Å². The van der Waals surface area contributed by atoms with Gasteiger partial charge in [-0.2, -0.15) is 0 Å². The van der Waals surface area contributed by atoms with Crippen LogP contribution in [-0.4, -0.2) is 35.2 Å². The van der Waals surface area contributed by atoms with Gasteiger partial charge in [0.15, 0.2) is 0 Å². The molecule has 1 amide bonds. The minimum Gasteiger partial charge on any atom is -0.460 e. The third kappa shape index (κ3) is 6.90. The van der Waals surface area contributed by atoms with Gasteiger partial charge in [0.1, 0.15) is 5.60 Å². The van der Waals surface area contributed by atoms with Gasteiger partial charge < -0.3 is 15.2 Å². The average molecular weight is 293 g/mol. The van der Waals surface area contributed by atoms with Gasteiger partial charge in [-0.15, -0.1) is 0 Å². The molecule has 0 spiro atoms. The predicted molar refractivity (Wildman–Crippen MR) is 79.9 cm³/mol. The second-order valence-corrected chi connectivity index (χ2v) is 5.84. The highest BCUT2D eigenvalue weighted by Crippen LogP contribution is 2.10. The largest absolute Gasteiger partial charge is 0.460 e. The Labute approximate surface area is 125 Å². The van der Waals surface area contributed by atoms with Crippen molar-refractivity contribution in [2.45, 2.75) is 45.3 Å². The van der Waals surface area contributed by atoms with E-state index in [-0.39, 0.29) is 24.9 Å². The van der Waals surface area contributed by atoms with Crippen LogP contribution in [0, 0.1) is 0 Å². The minimum atomic E-state index is -0.529. The molecule has 0 radical (unpaired) electrons. The van der Waals surface area contributed by atoms with Gasteiger partial charge in [0.25, 0.3) is 5.91 Å². The van der Waals surface area contributed by atoms with Gasteiger partial charge in [-0.25, -0.2) is 0 Å². The number of esters is 1. The molecular formula is C16H23NO4. The summed E-state index contributed by atoms with van der Waals surface area (Å²) < 4.78 is 5.19. The SMILES string of the molecule is CC(C)(C)OC(=O)CCC(CO)NC(=O)c1ccccc1. The van der Waals surface area contributed by atoms with Gasteiger partial charge in [0, 0.05) is 12.0 Å². The molecule has 21 heavy (non-hydrogen) atoms. The molecule has 0 bridgehead atoms. The van der Waals surface area contributed by atoms with Crippen LogP contribution in [0.3, 0.4) is 0 Å². The quantitative estimate of drug-likeness (QED) is 0.785. The maximum absolute atomic E-state index is 11.9. The monoisotopic (exact) mass is 293 g/mol. The summed E-state index contributed by atoms with van der Waals surface area (Å²) in [5, 5.41) is 12.0. The molecule has 0 aliphatic heterocycles. The number of rotatable bonds is 6. The molecule has 0 aliphatic carbocycles. The topological polar surface area (TPSA) is 75.6 Å². The average Bonchev–Trinajstić information content (AvgIpc) is 2.42. The molecule has 0 saturated heterocycles. The third-order valence-electron chi connectivity index (χ3n) is 2.71. The first-order chi connectivity index (χ1) is 9.81. The zero-order valence-electron chi connectivity index (χ0n) is 12.8. The van der Waals surface area contributed by atoms with E-state index in [2.05, 4.69) is 5.32 Å². The number of hydrogen-bond donors (Lipinski definition) is 2. The first-order valence-corrected chi connectivity index (χ1v) is 7.00. The van der Waals surface area contributed by atoms with E-state index in [1.165, 1.54) is 0 Å². The van der Waals surface area contributed by atoms with Crippen LogP contribution in [0.2, 0.25) is 0 Å². The number of benzene rings is 1. The molecule has 0 heterocycles. The molecule has 1 rings (SSSR count). The number of carbonyl (C=O) groups is 2. The van der Waals surface area contributed by atoms with Crippen molar-refractivity contribution in [1.82, 2.24) is 5.32 Å². The zero-order chi connectivity index (χ0) is 15.9. The summed E-state index contributed by atoms with van der Waals surface area (Å²) in [6.45, 7) is 5.17. The number of hydrogen-bond acceptors (Lipinski definition) is 4. The fourth-order valence-corrected chi connectivity index (χ4v) is 1.75. The number of carbonyl (C=O) groups excluding carboxylic acids is 2. The lowest BCUT2D eigenvalue weighted by Crippen LogP contribution is -2.38. The van der Waals surface area contributed by atoms with Crippen LogP contribution in [0.5, 0.6) is 0 Å². The second-order valence-electron chi connectivity index (χ2n) is 5.84. The summed E-state index contributed by atoms with van der Waals surface area (Å²) >= 11 is 0.